The van der Waals surface area contributed by atoms with E-state index in [0.717, 1.165) is 11.0 Å². The maximum atomic E-state index is 12.8. The van der Waals surface area contributed by atoms with Crippen LogP contribution < -0.4 is 15.7 Å². The van der Waals surface area contributed by atoms with E-state index in [1.165, 1.54) is 29.2 Å². The summed E-state index contributed by atoms with van der Waals surface area (Å²) in [4.78, 5) is 36.4. The SMILES string of the molecule is Cc1cc(=O)[nH]c(Sc2ccc(/C=c3/sc4nc5ccccc5n4c3=O)o2)n1. The standard InChI is InChI=1S/C19H12N4O3S2/c1-10-8-15(24)22-18(20-10)28-16-7-6-11(26-16)9-14-17(25)23-13-5-3-2-4-12(13)21-19(23)27-14/h2-9H,1H3,(H,20,22,24)/b14-9+. The Hall–Kier alpha value is -3.17. The molecule has 0 saturated carbocycles. The lowest BCUT2D eigenvalue weighted by Gasteiger charge is -1.97. The lowest BCUT2D eigenvalue weighted by atomic mass is 10.3. The van der Waals surface area contributed by atoms with E-state index in [1.54, 1.807) is 29.5 Å². The van der Waals surface area contributed by atoms with E-state index >= 15 is 0 Å². The number of nitrogens with one attached hydrogen (secondary N) is 1. The monoisotopic (exact) mass is 408 g/mol. The molecule has 0 aliphatic carbocycles. The summed E-state index contributed by atoms with van der Waals surface area (Å²) in [5.74, 6) is 0.545. The molecule has 0 amide bonds. The van der Waals surface area contributed by atoms with Gasteiger partial charge in [0.05, 0.1) is 11.0 Å². The van der Waals surface area contributed by atoms with Crippen LogP contribution in [0, 0.1) is 6.92 Å². The first-order valence-corrected chi connectivity index (χ1v) is 9.97. The number of hydrogen-bond acceptors (Lipinski definition) is 7. The van der Waals surface area contributed by atoms with Crippen molar-refractivity contribution in [3.05, 3.63) is 79.2 Å². The molecule has 0 aliphatic rings. The number of rotatable bonds is 3. The molecule has 0 atom stereocenters. The summed E-state index contributed by atoms with van der Waals surface area (Å²) in [6.07, 6.45) is 1.70. The predicted octanol–water partition coefficient (Wildman–Crippen LogP) is 2.59. The Kier molecular flexibility index (Phi) is 3.92. The first-order valence-electron chi connectivity index (χ1n) is 8.34. The van der Waals surface area contributed by atoms with Crippen LogP contribution in [0.3, 0.4) is 0 Å². The fraction of sp³-hybridized carbons (Fsp3) is 0.0526. The van der Waals surface area contributed by atoms with Crippen LogP contribution in [0.2, 0.25) is 0 Å². The Morgan fingerprint density at radius 1 is 1.18 bits per heavy atom. The molecule has 7 nitrogen and oxygen atoms in total. The molecule has 1 N–H and O–H groups in total. The van der Waals surface area contributed by atoms with Crippen molar-refractivity contribution in [2.45, 2.75) is 17.2 Å². The number of nitrogens with zero attached hydrogens (tertiary/aromatic N) is 3. The fourth-order valence-corrected chi connectivity index (χ4v) is 4.68. The highest BCUT2D eigenvalue weighted by Gasteiger charge is 2.11. The van der Waals surface area contributed by atoms with Gasteiger partial charge < -0.3 is 9.40 Å². The average Bonchev–Trinajstić information content (AvgIpc) is 3.30. The lowest BCUT2D eigenvalue weighted by Crippen LogP contribution is -2.22. The molecular weight excluding hydrogens is 396 g/mol. The van der Waals surface area contributed by atoms with Crippen LogP contribution in [0.1, 0.15) is 11.5 Å². The lowest BCUT2D eigenvalue weighted by molar-refractivity contribution is 0.465. The zero-order valence-electron chi connectivity index (χ0n) is 14.5. The minimum Gasteiger partial charge on any atom is -0.450 e. The Bertz CT molecular complexity index is 1510. The van der Waals surface area contributed by atoms with E-state index in [4.69, 9.17) is 4.42 Å². The third kappa shape index (κ3) is 2.94. The summed E-state index contributed by atoms with van der Waals surface area (Å²) in [5.41, 5.74) is 1.90. The highest BCUT2D eigenvalue weighted by molar-refractivity contribution is 7.99. The van der Waals surface area contributed by atoms with Gasteiger partial charge in [-0.3, -0.25) is 9.59 Å². The van der Waals surface area contributed by atoms with Crippen LogP contribution >= 0.6 is 23.1 Å². The molecule has 5 aromatic rings. The predicted molar refractivity (Wildman–Crippen MR) is 108 cm³/mol. The molecule has 28 heavy (non-hydrogen) atoms. The van der Waals surface area contributed by atoms with Crippen molar-refractivity contribution in [1.29, 1.82) is 0 Å². The van der Waals surface area contributed by atoms with E-state index in [9.17, 15) is 9.59 Å². The van der Waals surface area contributed by atoms with Crippen LogP contribution in [0.4, 0.5) is 0 Å². The molecule has 0 saturated heterocycles. The minimum absolute atomic E-state index is 0.121. The number of H-pyrrole nitrogens is 1. The third-order valence-corrected chi connectivity index (χ3v) is 5.84. The van der Waals surface area contributed by atoms with E-state index < -0.39 is 0 Å². The van der Waals surface area contributed by atoms with Crippen LogP contribution in [0.5, 0.6) is 0 Å². The molecule has 0 spiro atoms. The second-order valence-corrected chi connectivity index (χ2v) is 8.09. The van der Waals surface area contributed by atoms with Gasteiger partial charge in [0, 0.05) is 17.8 Å². The molecule has 0 bridgehead atoms. The number of thiazole rings is 1. The van der Waals surface area contributed by atoms with Gasteiger partial charge in [-0.2, -0.15) is 0 Å². The second-order valence-electron chi connectivity index (χ2n) is 6.09. The van der Waals surface area contributed by atoms with Gasteiger partial charge in [0.1, 0.15) is 10.3 Å². The molecule has 138 valence electrons. The molecule has 0 radical (unpaired) electrons. The summed E-state index contributed by atoms with van der Waals surface area (Å²) >= 11 is 2.53. The second kappa shape index (κ2) is 6.47. The maximum absolute atomic E-state index is 12.8. The molecule has 4 aromatic heterocycles. The number of fused-ring (bicyclic) bond motifs is 3. The van der Waals surface area contributed by atoms with Gasteiger partial charge in [0.15, 0.2) is 15.2 Å². The topological polar surface area (TPSA) is 93.3 Å². The van der Waals surface area contributed by atoms with Crippen molar-refractivity contribution in [3.8, 4) is 0 Å². The maximum Gasteiger partial charge on any atom is 0.275 e. The highest BCUT2D eigenvalue weighted by atomic mass is 32.2. The van der Waals surface area contributed by atoms with Crippen molar-refractivity contribution < 1.29 is 4.42 Å². The summed E-state index contributed by atoms with van der Waals surface area (Å²) in [7, 11) is 0. The number of hydrogen-bond donors (Lipinski definition) is 1. The Morgan fingerprint density at radius 3 is 2.89 bits per heavy atom. The number of furan rings is 1. The third-order valence-electron chi connectivity index (χ3n) is 4.07. The van der Waals surface area contributed by atoms with Gasteiger partial charge >= 0.3 is 0 Å². The van der Waals surface area contributed by atoms with Crippen LogP contribution in [-0.4, -0.2) is 19.4 Å². The number of aromatic amines is 1. The Balaban J connectivity index is 1.52. The molecular formula is C19H12N4O3S2. The van der Waals surface area contributed by atoms with Crippen molar-refractivity contribution in [3.63, 3.8) is 0 Å². The van der Waals surface area contributed by atoms with Gasteiger partial charge in [-0.25, -0.2) is 14.4 Å². The van der Waals surface area contributed by atoms with E-state index in [0.29, 0.717) is 31.2 Å². The van der Waals surface area contributed by atoms with Crippen molar-refractivity contribution in [1.82, 2.24) is 19.4 Å². The minimum atomic E-state index is -0.210. The average molecular weight is 408 g/mol. The van der Waals surface area contributed by atoms with Gasteiger partial charge in [-0.1, -0.05) is 23.5 Å². The Morgan fingerprint density at radius 2 is 2.04 bits per heavy atom. The van der Waals surface area contributed by atoms with Crippen LogP contribution in [0.15, 0.2) is 66.7 Å². The summed E-state index contributed by atoms with van der Waals surface area (Å²) in [6.45, 7) is 1.76. The first kappa shape index (κ1) is 17.0. The van der Waals surface area contributed by atoms with Crippen molar-refractivity contribution in [2.24, 2.45) is 0 Å². The van der Waals surface area contributed by atoms with Gasteiger partial charge in [0.25, 0.3) is 11.1 Å². The number of benzene rings is 1. The zero-order valence-corrected chi connectivity index (χ0v) is 16.1. The van der Waals surface area contributed by atoms with Gasteiger partial charge in [-0.05, 0) is 43.0 Å². The van der Waals surface area contributed by atoms with Gasteiger partial charge in [0.2, 0.25) is 0 Å². The summed E-state index contributed by atoms with van der Waals surface area (Å²) in [5, 5.41) is 1.02. The fourth-order valence-electron chi connectivity index (χ4n) is 2.90. The number of imidazole rings is 1. The molecule has 5 rings (SSSR count). The zero-order chi connectivity index (χ0) is 19.3. The smallest absolute Gasteiger partial charge is 0.275 e. The summed E-state index contributed by atoms with van der Waals surface area (Å²) in [6, 6.07) is 12.5. The first-order chi connectivity index (χ1) is 13.6. The summed E-state index contributed by atoms with van der Waals surface area (Å²) < 4.78 is 7.93. The van der Waals surface area contributed by atoms with Crippen LogP contribution in [-0.2, 0) is 0 Å². The van der Waals surface area contributed by atoms with Gasteiger partial charge in [-0.15, -0.1) is 0 Å². The molecule has 9 heteroatoms. The normalized spacial score (nSPS) is 12.4. The van der Waals surface area contributed by atoms with Crippen LogP contribution in [0.25, 0.3) is 22.1 Å². The molecule has 1 aromatic carbocycles. The van der Waals surface area contributed by atoms with E-state index in [2.05, 4.69) is 15.0 Å². The molecule has 0 aliphatic heterocycles. The number of para-hydroxylation sites is 2. The van der Waals surface area contributed by atoms with Crippen molar-refractivity contribution in [2.75, 3.05) is 0 Å². The quantitative estimate of drug-likeness (QED) is 0.461. The van der Waals surface area contributed by atoms with Crippen molar-refractivity contribution >= 4 is 45.2 Å². The van der Waals surface area contributed by atoms with E-state index in [-0.39, 0.29) is 11.1 Å². The number of aromatic nitrogens is 4. The largest absolute Gasteiger partial charge is 0.450 e. The number of aryl methyl sites for hydroxylation is 1. The highest BCUT2D eigenvalue weighted by Crippen LogP contribution is 2.26. The Labute approximate surface area is 165 Å². The molecule has 0 fully saturated rings. The molecule has 0 unspecified atom stereocenters. The van der Waals surface area contributed by atoms with E-state index in [1.807, 2.05) is 24.3 Å². The molecule has 4 heterocycles.